The Labute approximate surface area is 146 Å². The Balaban J connectivity index is 0.00000220. The summed E-state index contributed by atoms with van der Waals surface area (Å²) in [5.41, 5.74) is 0. The summed E-state index contributed by atoms with van der Waals surface area (Å²) in [6.45, 7) is 11.4. The summed E-state index contributed by atoms with van der Waals surface area (Å²) in [6.07, 6.45) is 3.36. The molecule has 6 heteroatoms. The van der Waals surface area contributed by atoms with Crippen LogP contribution >= 0.6 is 24.0 Å². The third-order valence-electron chi connectivity index (χ3n) is 4.12. The Morgan fingerprint density at radius 2 is 2.05 bits per heavy atom. The molecule has 2 atom stereocenters. The molecule has 0 aromatic carbocycles. The van der Waals surface area contributed by atoms with E-state index in [4.69, 9.17) is 4.99 Å². The van der Waals surface area contributed by atoms with Crippen LogP contribution in [-0.2, 0) is 0 Å². The SMILES string of the molecule is CCNC(=NCC(C)CN1CCCC1)N1CC[C@@H](O)C1.I. The molecule has 0 aliphatic carbocycles. The summed E-state index contributed by atoms with van der Waals surface area (Å²) >= 11 is 0. The molecule has 21 heavy (non-hydrogen) atoms. The van der Waals surface area contributed by atoms with Gasteiger partial charge in [-0.05, 0) is 45.2 Å². The van der Waals surface area contributed by atoms with E-state index in [1.165, 1.54) is 25.9 Å². The standard InChI is InChI=1S/C15H30N4O.HI/c1-3-16-15(19-9-6-14(20)12-19)17-10-13(2)11-18-7-4-5-8-18;/h13-14,20H,3-12H2,1-2H3,(H,16,17);1H/t13?,14-;/m1./s1. The van der Waals surface area contributed by atoms with Crippen LogP contribution in [0.2, 0.25) is 0 Å². The lowest BCUT2D eigenvalue weighted by atomic mass is 10.2. The molecule has 2 aliphatic heterocycles. The van der Waals surface area contributed by atoms with Gasteiger partial charge in [0.25, 0.3) is 0 Å². The largest absolute Gasteiger partial charge is 0.391 e. The zero-order valence-corrected chi connectivity index (χ0v) is 15.8. The zero-order valence-electron chi connectivity index (χ0n) is 13.4. The number of β-amino-alcohol motifs (C(OH)–C–C–N with tert-alkyl or cyclic N) is 1. The molecule has 2 saturated heterocycles. The Morgan fingerprint density at radius 1 is 1.33 bits per heavy atom. The lowest BCUT2D eigenvalue weighted by molar-refractivity contribution is 0.187. The monoisotopic (exact) mass is 410 g/mol. The highest BCUT2D eigenvalue weighted by Crippen LogP contribution is 2.12. The Kier molecular flexibility index (Phi) is 8.89. The van der Waals surface area contributed by atoms with Crippen molar-refractivity contribution in [3.8, 4) is 0 Å². The summed E-state index contributed by atoms with van der Waals surface area (Å²) in [7, 11) is 0. The Hall–Kier alpha value is -0.0800. The van der Waals surface area contributed by atoms with Gasteiger partial charge in [-0.15, -0.1) is 24.0 Å². The summed E-state index contributed by atoms with van der Waals surface area (Å²) in [5, 5.41) is 13.0. The van der Waals surface area contributed by atoms with Crippen LogP contribution < -0.4 is 5.32 Å². The summed E-state index contributed by atoms with van der Waals surface area (Å²) in [4.78, 5) is 9.49. The number of rotatable bonds is 5. The first-order valence-electron chi connectivity index (χ1n) is 8.12. The van der Waals surface area contributed by atoms with E-state index in [0.717, 1.165) is 38.6 Å². The lowest BCUT2D eigenvalue weighted by Crippen LogP contribution is -2.41. The molecule has 0 bridgehead atoms. The van der Waals surface area contributed by atoms with Gasteiger partial charge in [-0.3, -0.25) is 4.99 Å². The second-order valence-corrected chi connectivity index (χ2v) is 6.20. The van der Waals surface area contributed by atoms with Crippen molar-refractivity contribution in [2.24, 2.45) is 10.9 Å². The maximum atomic E-state index is 9.65. The van der Waals surface area contributed by atoms with E-state index in [9.17, 15) is 5.11 Å². The fourth-order valence-electron chi connectivity index (χ4n) is 3.07. The number of hydrogen-bond acceptors (Lipinski definition) is 3. The number of guanidine groups is 1. The van der Waals surface area contributed by atoms with Crippen molar-refractivity contribution >= 4 is 29.9 Å². The van der Waals surface area contributed by atoms with Crippen LogP contribution in [0.5, 0.6) is 0 Å². The molecule has 0 aromatic rings. The third kappa shape index (κ3) is 6.28. The zero-order chi connectivity index (χ0) is 14.4. The van der Waals surface area contributed by atoms with Crippen molar-refractivity contribution in [2.75, 3.05) is 45.8 Å². The van der Waals surface area contributed by atoms with E-state index < -0.39 is 0 Å². The van der Waals surface area contributed by atoms with E-state index in [-0.39, 0.29) is 30.1 Å². The maximum Gasteiger partial charge on any atom is 0.194 e. The molecule has 0 spiro atoms. The smallest absolute Gasteiger partial charge is 0.194 e. The molecule has 0 radical (unpaired) electrons. The second-order valence-electron chi connectivity index (χ2n) is 6.20. The van der Waals surface area contributed by atoms with Crippen LogP contribution in [0, 0.1) is 5.92 Å². The number of likely N-dealkylation sites (tertiary alicyclic amines) is 2. The molecule has 1 unspecified atom stereocenters. The topological polar surface area (TPSA) is 51.1 Å². The van der Waals surface area contributed by atoms with E-state index >= 15 is 0 Å². The minimum atomic E-state index is -0.194. The van der Waals surface area contributed by atoms with Crippen LogP contribution in [0.1, 0.15) is 33.1 Å². The first-order valence-corrected chi connectivity index (χ1v) is 8.12. The van der Waals surface area contributed by atoms with Crippen LogP contribution in [0.15, 0.2) is 4.99 Å². The molecule has 124 valence electrons. The number of halogens is 1. The van der Waals surface area contributed by atoms with Crippen molar-refractivity contribution in [1.29, 1.82) is 0 Å². The van der Waals surface area contributed by atoms with Crippen molar-refractivity contribution in [3.05, 3.63) is 0 Å². The minimum Gasteiger partial charge on any atom is -0.391 e. The second kappa shape index (κ2) is 9.84. The van der Waals surface area contributed by atoms with Crippen LogP contribution in [0.25, 0.3) is 0 Å². The molecule has 2 rings (SSSR count). The Bertz CT molecular complexity index is 321. The summed E-state index contributed by atoms with van der Waals surface area (Å²) in [6, 6.07) is 0. The number of aliphatic imine (C=N–C) groups is 1. The third-order valence-corrected chi connectivity index (χ3v) is 4.12. The number of aliphatic hydroxyl groups excluding tert-OH is 1. The van der Waals surface area contributed by atoms with Crippen LogP contribution in [-0.4, -0.2) is 72.8 Å². The van der Waals surface area contributed by atoms with Gasteiger partial charge in [-0.25, -0.2) is 0 Å². The van der Waals surface area contributed by atoms with Gasteiger partial charge in [0.05, 0.1) is 6.10 Å². The maximum absolute atomic E-state index is 9.65. The van der Waals surface area contributed by atoms with Gasteiger partial charge < -0.3 is 20.2 Å². The van der Waals surface area contributed by atoms with Gasteiger partial charge in [0.2, 0.25) is 0 Å². The van der Waals surface area contributed by atoms with E-state index in [2.05, 4.69) is 29.0 Å². The molecule has 0 saturated carbocycles. The fraction of sp³-hybridized carbons (Fsp3) is 0.933. The molecule has 2 N–H and O–H groups in total. The lowest BCUT2D eigenvalue weighted by Gasteiger charge is -2.23. The molecule has 0 amide bonds. The van der Waals surface area contributed by atoms with Gasteiger partial charge in [0.15, 0.2) is 5.96 Å². The minimum absolute atomic E-state index is 0. The summed E-state index contributed by atoms with van der Waals surface area (Å²) < 4.78 is 0. The first-order chi connectivity index (χ1) is 9.69. The van der Waals surface area contributed by atoms with Crippen molar-refractivity contribution in [3.63, 3.8) is 0 Å². The van der Waals surface area contributed by atoms with Gasteiger partial charge in [-0.2, -0.15) is 0 Å². The molecule has 5 nitrogen and oxygen atoms in total. The van der Waals surface area contributed by atoms with E-state index in [0.29, 0.717) is 12.5 Å². The first kappa shape index (κ1) is 19.0. The highest BCUT2D eigenvalue weighted by atomic mass is 127. The average molecular weight is 410 g/mol. The highest BCUT2D eigenvalue weighted by Gasteiger charge is 2.23. The normalized spacial score (nSPS) is 25.0. The van der Waals surface area contributed by atoms with Gasteiger partial charge in [-0.1, -0.05) is 6.92 Å². The van der Waals surface area contributed by atoms with Gasteiger partial charge in [0.1, 0.15) is 0 Å². The molecule has 2 heterocycles. The predicted octanol–water partition coefficient (Wildman–Crippen LogP) is 1.37. The van der Waals surface area contributed by atoms with Gasteiger partial charge >= 0.3 is 0 Å². The molecule has 2 fully saturated rings. The Morgan fingerprint density at radius 3 is 2.62 bits per heavy atom. The van der Waals surface area contributed by atoms with Crippen LogP contribution in [0.4, 0.5) is 0 Å². The van der Waals surface area contributed by atoms with Crippen molar-refractivity contribution in [1.82, 2.24) is 15.1 Å². The highest BCUT2D eigenvalue weighted by molar-refractivity contribution is 14.0. The fourth-order valence-corrected chi connectivity index (χ4v) is 3.07. The summed E-state index contributed by atoms with van der Waals surface area (Å²) in [5.74, 6) is 1.56. The average Bonchev–Trinajstić information content (AvgIpc) is 3.06. The number of nitrogens with one attached hydrogen (secondary N) is 1. The number of hydrogen-bond donors (Lipinski definition) is 2. The molecule has 0 aromatic heterocycles. The van der Waals surface area contributed by atoms with Crippen molar-refractivity contribution < 1.29 is 5.11 Å². The van der Waals surface area contributed by atoms with E-state index in [1.54, 1.807) is 0 Å². The quantitative estimate of drug-likeness (QED) is 0.409. The number of nitrogens with zero attached hydrogens (tertiary/aromatic N) is 3. The van der Waals surface area contributed by atoms with Gasteiger partial charge in [0, 0.05) is 32.7 Å². The van der Waals surface area contributed by atoms with Crippen molar-refractivity contribution in [2.45, 2.75) is 39.2 Å². The molecular weight excluding hydrogens is 379 g/mol. The molecular formula is C15H31IN4O. The number of aliphatic hydroxyl groups is 1. The van der Waals surface area contributed by atoms with E-state index in [1.807, 2.05) is 0 Å². The van der Waals surface area contributed by atoms with Crippen LogP contribution in [0.3, 0.4) is 0 Å². The predicted molar refractivity (Wildman–Crippen MR) is 98.4 cm³/mol. The molecule has 2 aliphatic rings.